The molecular weight excluding hydrogens is 535 g/mol. The van der Waals surface area contributed by atoms with Crippen LogP contribution in [-0.2, 0) is 11.0 Å². The average molecular weight is 584 g/mol. The highest BCUT2D eigenvalue weighted by Gasteiger charge is 2.43. The molecule has 2 amide bonds. The van der Waals surface area contributed by atoms with Gasteiger partial charge in [0.2, 0.25) is 5.91 Å². The number of unbranched alkanes of at least 4 members (excludes halogenated alkanes) is 6. The molecule has 6 N–H and O–H groups in total. The van der Waals surface area contributed by atoms with Crippen molar-refractivity contribution in [3.63, 3.8) is 0 Å². The Bertz CT molecular complexity index is 1010. The molecule has 12 heteroatoms. The van der Waals surface area contributed by atoms with Crippen LogP contribution in [0.25, 0.3) is 0 Å². The molecule has 0 spiro atoms. The van der Waals surface area contributed by atoms with Gasteiger partial charge >= 0.3 is 6.18 Å². The Balaban J connectivity index is 1.93. The highest BCUT2D eigenvalue weighted by molar-refractivity contribution is 5.95. The molecule has 2 fully saturated rings. The van der Waals surface area contributed by atoms with E-state index in [2.05, 4.69) is 27.4 Å². The Morgan fingerprint density at radius 1 is 1.10 bits per heavy atom. The second kappa shape index (κ2) is 15.2. The number of rotatable bonds is 13. The van der Waals surface area contributed by atoms with Gasteiger partial charge in [-0.15, -0.1) is 0 Å². The standard InChI is InChI=1S/C29H48F3N7O2/c1-4-5-6-7-8-9-10-14-39-26(24(25(34)40)18-35-28(39)38-13-11-12-22(33)19-38)36-23-16-20(27(41)37(2)3)15-21(17-23)29(30,31)32/h15-17,22,24,26,28,35-36H,4-14,18-19,33H2,1-3H3,(H2,34,40)/t22-,24?,26?,28?/m0/s1. The van der Waals surface area contributed by atoms with E-state index < -0.39 is 35.6 Å². The molecule has 9 nitrogen and oxygen atoms in total. The number of hydrogen-bond donors (Lipinski definition) is 4. The lowest BCUT2D eigenvalue weighted by Gasteiger charge is -2.51. The van der Waals surface area contributed by atoms with Gasteiger partial charge in [-0.25, -0.2) is 0 Å². The number of halogens is 3. The minimum atomic E-state index is -4.65. The molecule has 1 aromatic carbocycles. The first-order chi connectivity index (χ1) is 19.4. The van der Waals surface area contributed by atoms with Crippen LogP contribution in [0, 0.1) is 5.92 Å². The van der Waals surface area contributed by atoms with Gasteiger partial charge in [0.1, 0.15) is 6.29 Å². The molecular formula is C29H48F3N7O2. The highest BCUT2D eigenvalue weighted by atomic mass is 19.4. The van der Waals surface area contributed by atoms with Crippen LogP contribution >= 0.6 is 0 Å². The van der Waals surface area contributed by atoms with E-state index in [1.165, 1.54) is 44.3 Å². The van der Waals surface area contributed by atoms with Gasteiger partial charge in [-0.3, -0.25) is 24.7 Å². The molecule has 0 bridgehead atoms. The normalized spacial score (nSPS) is 24.3. The van der Waals surface area contributed by atoms with Crippen LogP contribution < -0.4 is 22.1 Å². The summed E-state index contributed by atoms with van der Waals surface area (Å²) in [4.78, 5) is 30.9. The third-order valence-electron chi connectivity index (χ3n) is 8.02. The fourth-order valence-electron chi connectivity index (χ4n) is 5.83. The van der Waals surface area contributed by atoms with Crippen molar-refractivity contribution in [1.82, 2.24) is 20.0 Å². The van der Waals surface area contributed by atoms with E-state index in [0.29, 0.717) is 13.1 Å². The number of likely N-dealkylation sites (tertiary alicyclic amines) is 1. The van der Waals surface area contributed by atoms with E-state index >= 15 is 0 Å². The molecule has 2 aliphatic rings. The molecule has 3 rings (SSSR count). The summed E-state index contributed by atoms with van der Waals surface area (Å²) in [7, 11) is 2.98. The fraction of sp³-hybridized carbons (Fsp3) is 0.724. The topological polar surface area (TPSA) is 120 Å². The zero-order valence-electron chi connectivity index (χ0n) is 24.7. The van der Waals surface area contributed by atoms with Crippen molar-refractivity contribution < 1.29 is 22.8 Å². The Kier molecular flexibility index (Phi) is 12.2. The summed E-state index contributed by atoms with van der Waals surface area (Å²) in [5.41, 5.74) is 11.2. The number of nitrogens with two attached hydrogens (primary N) is 2. The smallest absolute Gasteiger partial charge is 0.369 e. The number of hydrogen-bond acceptors (Lipinski definition) is 7. The molecule has 0 saturated carbocycles. The van der Waals surface area contributed by atoms with Crippen molar-refractivity contribution >= 4 is 17.5 Å². The van der Waals surface area contributed by atoms with E-state index in [-0.39, 0.29) is 30.1 Å². The molecule has 0 radical (unpaired) electrons. The summed E-state index contributed by atoms with van der Waals surface area (Å²) in [5, 5.41) is 6.68. The average Bonchev–Trinajstić information content (AvgIpc) is 2.91. The first-order valence-electron chi connectivity index (χ1n) is 14.9. The quantitative estimate of drug-likeness (QED) is 0.262. The number of carbonyl (C=O) groups is 2. The van der Waals surface area contributed by atoms with Crippen molar-refractivity contribution in [2.75, 3.05) is 45.6 Å². The molecule has 2 aliphatic heterocycles. The first kappa shape index (κ1) is 33.1. The molecule has 232 valence electrons. The molecule has 0 aromatic heterocycles. The number of piperidine rings is 1. The van der Waals surface area contributed by atoms with Gasteiger partial charge in [0, 0.05) is 57.6 Å². The zero-order valence-corrected chi connectivity index (χ0v) is 24.7. The van der Waals surface area contributed by atoms with Crippen LogP contribution in [0.2, 0.25) is 0 Å². The van der Waals surface area contributed by atoms with Crippen molar-refractivity contribution in [3.8, 4) is 0 Å². The lowest BCUT2D eigenvalue weighted by Crippen LogP contribution is -2.71. The van der Waals surface area contributed by atoms with Crippen LogP contribution in [-0.4, -0.2) is 85.3 Å². The number of benzene rings is 1. The summed E-state index contributed by atoms with van der Waals surface area (Å²) in [6.45, 7) is 4.55. The number of carbonyl (C=O) groups excluding carboxylic acids is 2. The van der Waals surface area contributed by atoms with Gasteiger partial charge in [-0.05, 0) is 37.5 Å². The van der Waals surface area contributed by atoms with Crippen molar-refractivity contribution in [1.29, 1.82) is 0 Å². The summed E-state index contributed by atoms with van der Waals surface area (Å²) in [5.74, 6) is -1.81. The molecule has 41 heavy (non-hydrogen) atoms. The summed E-state index contributed by atoms with van der Waals surface area (Å²) in [6, 6.07) is 3.28. The van der Waals surface area contributed by atoms with E-state index in [4.69, 9.17) is 11.5 Å². The van der Waals surface area contributed by atoms with Crippen LogP contribution in [0.15, 0.2) is 18.2 Å². The second-order valence-electron chi connectivity index (χ2n) is 11.6. The maximum absolute atomic E-state index is 13.9. The van der Waals surface area contributed by atoms with Gasteiger partial charge < -0.3 is 21.7 Å². The zero-order chi connectivity index (χ0) is 30.2. The summed E-state index contributed by atoms with van der Waals surface area (Å²) in [6.07, 6.45) is 4.00. The van der Waals surface area contributed by atoms with Gasteiger partial charge in [0.25, 0.3) is 5.91 Å². The van der Waals surface area contributed by atoms with Crippen molar-refractivity contribution in [2.24, 2.45) is 17.4 Å². The monoisotopic (exact) mass is 583 g/mol. The van der Waals surface area contributed by atoms with E-state index in [0.717, 1.165) is 57.2 Å². The van der Waals surface area contributed by atoms with E-state index in [1.807, 2.05) is 0 Å². The number of nitrogens with one attached hydrogen (secondary N) is 2. The summed E-state index contributed by atoms with van der Waals surface area (Å²) < 4.78 is 41.6. The van der Waals surface area contributed by atoms with Crippen molar-refractivity contribution in [2.45, 2.75) is 89.4 Å². The number of amides is 2. The molecule has 1 aromatic rings. The second-order valence-corrected chi connectivity index (χ2v) is 11.6. The predicted molar refractivity (Wildman–Crippen MR) is 155 cm³/mol. The lowest BCUT2D eigenvalue weighted by molar-refractivity contribution is -0.137. The maximum Gasteiger partial charge on any atom is 0.416 e. The molecule has 2 heterocycles. The van der Waals surface area contributed by atoms with Crippen LogP contribution in [0.3, 0.4) is 0 Å². The lowest BCUT2D eigenvalue weighted by atomic mass is 9.98. The van der Waals surface area contributed by atoms with Crippen LogP contribution in [0.4, 0.5) is 18.9 Å². The minimum absolute atomic E-state index is 0.0225. The SMILES string of the molecule is CCCCCCCCCN1C(Nc2cc(C(=O)N(C)C)cc(C(F)(F)F)c2)C(C(N)=O)CNC1N1CCC[C@H](N)C1. The predicted octanol–water partition coefficient (Wildman–Crippen LogP) is 3.61. The third kappa shape index (κ3) is 9.29. The van der Waals surface area contributed by atoms with E-state index in [1.54, 1.807) is 0 Å². The molecule has 4 atom stereocenters. The van der Waals surface area contributed by atoms with Crippen LogP contribution in [0.1, 0.15) is 80.6 Å². The molecule has 2 saturated heterocycles. The fourth-order valence-corrected chi connectivity index (χ4v) is 5.83. The van der Waals surface area contributed by atoms with Crippen molar-refractivity contribution in [3.05, 3.63) is 29.3 Å². The number of primary amides is 1. The largest absolute Gasteiger partial charge is 0.416 e. The van der Waals surface area contributed by atoms with E-state index in [9.17, 15) is 22.8 Å². The van der Waals surface area contributed by atoms with Gasteiger partial charge in [0.15, 0.2) is 0 Å². The number of anilines is 1. The van der Waals surface area contributed by atoms with Crippen LogP contribution in [0.5, 0.6) is 0 Å². The Morgan fingerprint density at radius 2 is 1.78 bits per heavy atom. The third-order valence-corrected chi connectivity index (χ3v) is 8.02. The highest BCUT2D eigenvalue weighted by Crippen LogP contribution is 2.34. The molecule has 3 unspecified atom stereocenters. The Labute approximate surface area is 242 Å². The number of nitrogens with zero attached hydrogens (tertiary/aromatic N) is 3. The molecule has 0 aliphatic carbocycles. The minimum Gasteiger partial charge on any atom is -0.369 e. The summed E-state index contributed by atoms with van der Waals surface area (Å²) >= 11 is 0. The van der Waals surface area contributed by atoms with Gasteiger partial charge in [-0.1, -0.05) is 45.4 Å². The Morgan fingerprint density at radius 3 is 2.39 bits per heavy atom. The van der Waals surface area contributed by atoms with Gasteiger partial charge in [-0.2, -0.15) is 13.2 Å². The Hall–Kier alpha value is -2.41. The maximum atomic E-state index is 13.9. The number of alkyl halides is 3. The first-order valence-corrected chi connectivity index (χ1v) is 14.9. The van der Waals surface area contributed by atoms with Gasteiger partial charge in [0.05, 0.1) is 17.6 Å².